The number of halogens is 3. The molecule has 0 saturated carbocycles. The van der Waals surface area contributed by atoms with E-state index < -0.39 is 12.5 Å². The second kappa shape index (κ2) is 8.16. The first kappa shape index (κ1) is 20.9. The largest absolute Gasteiger partial charge is 0.428 e. The lowest BCUT2D eigenvalue weighted by Crippen LogP contribution is -2.67. The van der Waals surface area contributed by atoms with Gasteiger partial charge in [0.1, 0.15) is 5.01 Å². The first-order valence-electron chi connectivity index (χ1n) is 10.1. The molecule has 1 aromatic carbocycles. The number of aliphatic hydroxyl groups excluding tert-OH is 1. The number of aliphatic hydroxyl groups is 1. The number of unbranched alkanes of at least 4 members (excludes halogenated alkanes) is 1. The van der Waals surface area contributed by atoms with Crippen LogP contribution in [0.5, 0.6) is 5.75 Å². The van der Waals surface area contributed by atoms with Gasteiger partial charge in [-0.15, -0.1) is 11.3 Å². The summed E-state index contributed by atoms with van der Waals surface area (Å²) in [5, 5.41) is 14.8. The molecule has 2 unspecified atom stereocenters. The van der Waals surface area contributed by atoms with Crippen LogP contribution < -0.4 is 15.0 Å². The zero-order valence-corrected chi connectivity index (χ0v) is 18.1. The third kappa shape index (κ3) is 4.09. The number of anilines is 1. The van der Waals surface area contributed by atoms with Crippen molar-refractivity contribution in [2.45, 2.75) is 43.9 Å². The number of benzene rings is 1. The predicted octanol–water partition coefficient (Wildman–Crippen LogP) is 4.29. The van der Waals surface area contributed by atoms with Crippen LogP contribution in [0.15, 0.2) is 22.1 Å². The topological polar surface area (TPSA) is 83.7 Å². The van der Waals surface area contributed by atoms with Crippen LogP contribution in [0, 0.1) is 0 Å². The van der Waals surface area contributed by atoms with E-state index in [1.54, 1.807) is 6.20 Å². The number of fused-ring (bicyclic) bond motifs is 3. The Kier molecular flexibility index (Phi) is 5.49. The van der Waals surface area contributed by atoms with Gasteiger partial charge in [-0.05, 0) is 25.3 Å². The van der Waals surface area contributed by atoms with E-state index in [1.165, 1.54) is 17.4 Å². The first-order valence-corrected chi connectivity index (χ1v) is 11.4. The lowest BCUT2D eigenvalue weighted by atomic mass is 9.92. The molecule has 2 N–H and O–H groups in total. The monoisotopic (exact) mass is 470 g/mol. The lowest BCUT2D eigenvalue weighted by molar-refractivity contribution is -0.180. The molecular formula is C20H21ClF2N4O3S. The summed E-state index contributed by atoms with van der Waals surface area (Å²) in [7, 11) is 0. The molecule has 3 aliphatic rings. The number of piperazine rings is 1. The maximum absolute atomic E-state index is 14.5. The highest BCUT2D eigenvalue weighted by Crippen LogP contribution is 2.44. The van der Waals surface area contributed by atoms with Gasteiger partial charge in [0.15, 0.2) is 16.8 Å². The van der Waals surface area contributed by atoms with Crippen molar-refractivity contribution in [1.29, 1.82) is 0 Å². The highest BCUT2D eigenvalue weighted by Gasteiger charge is 2.39. The van der Waals surface area contributed by atoms with Gasteiger partial charge in [0.2, 0.25) is 0 Å². The second-order valence-electron chi connectivity index (χ2n) is 7.87. The molecule has 7 nitrogen and oxygen atoms in total. The van der Waals surface area contributed by atoms with Gasteiger partial charge in [0.05, 0.1) is 17.0 Å². The number of nitrogens with zero attached hydrogens (tertiary/aromatic N) is 3. The van der Waals surface area contributed by atoms with Crippen molar-refractivity contribution in [1.82, 2.24) is 15.3 Å². The van der Waals surface area contributed by atoms with Gasteiger partial charge in [-0.2, -0.15) is 13.8 Å². The zero-order valence-electron chi connectivity index (χ0n) is 16.5. The number of alkyl halides is 2. The molecule has 6 rings (SSSR count). The summed E-state index contributed by atoms with van der Waals surface area (Å²) in [6.45, 7) is 1.32. The quantitative estimate of drug-likeness (QED) is 0.475. The van der Waals surface area contributed by atoms with Crippen LogP contribution in [0.3, 0.4) is 0 Å². The van der Waals surface area contributed by atoms with Crippen molar-refractivity contribution in [3.8, 4) is 16.3 Å². The van der Waals surface area contributed by atoms with E-state index in [0.29, 0.717) is 34.3 Å². The SMILES string of the molecule is OCCCCC(F)(F)Oc1c(Cl)cc(-c2nccs2)c2oc(N3CC4CC(C3)N4)nc12. The average molecular weight is 471 g/mol. The molecule has 0 aliphatic carbocycles. The van der Waals surface area contributed by atoms with Gasteiger partial charge in [0.25, 0.3) is 6.01 Å². The normalized spacial score (nSPS) is 20.8. The van der Waals surface area contributed by atoms with Crippen LogP contribution >= 0.6 is 22.9 Å². The van der Waals surface area contributed by atoms with Crippen molar-refractivity contribution >= 4 is 40.1 Å². The number of hydrogen-bond donors (Lipinski definition) is 2. The van der Waals surface area contributed by atoms with Crippen molar-refractivity contribution < 1.29 is 23.0 Å². The Bertz CT molecular complexity index is 1060. The van der Waals surface area contributed by atoms with Gasteiger partial charge in [0, 0.05) is 43.4 Å². The molecular weight excluding hydrogens is 450 g/mol. The maximum Gasteiger partial charge on any atom is 0.397 e. The van der Waals surface area contributed by atoms with E-state index in [2.05, 4.69) is 15.3 Å². The molecule has 2 aromatic heterocycles. The third-order valence-corrected chi connectivity index (χ3v) is 6.63. The van der Waals surface area contributed by atoms with E-state index in [4.69, 9.17) is 25.9 Å². The van der Waals surface area contributed by atoms with E-state index in [-0.39, 0.29) is 35.7 Å². The molecule has 3 aromatic rings. The molecule has 2 bridgehead atoms. The highest BCUT2D eigenvalue weighted by atomic mass is 35.5. The Labute approximate surface area is 186 Å². The number of oxazole rings is 1. The molecule has 0 radical (unpaired) electrons. The predicted molar refractivity (Wildman–Crippen MR) is 114 cm³/mol. The van der Waals surface area contributed by atoms with Crippen molar-refractivity contribution in [2.75, 3.05) is 24.6 Å². The molecule has 3 saturated heterocycles. The van der Waals surface area contributed by atoms with Crippen molar-refractivity contribution in [2.24, 2.45) is 0 Å². The molecule has 166 valence electrons. The summed E-state index contributed by atoms with van der Waals surface area (Å²) in [6.07, 6.45) is -0.836. The summed E-state index contributed by atoms with van der Waals surface area (Å²) >= 11 is 7.78. The Morgan fingerprint density at radius 1 is 1.35 bits per heavy atom. The number of hydrogen-bond acceptors (Lipinski definition) is 8. The molecule has 0 amide bonds. The Morgan fingerprint density at radius 3 is 2.81 bits per heavy atom. The number of ether oxygens (including phenoxy) is 1. The van der Waals surface area contributed by atoms with Crippen LogP contribution in [0.2, 0.25) is 5.02 Å². The Balaban J connectivity index is 1.55. The van der Waals surface area contributed by atoms with E-state index >= 15 is 0 Å². The molecule has 11 heteroatoms. The van der Waals surface area contributed by atoms with Crippen LogP contribution in [0.25, 0.3) is 21.7 Å². The van der Waals surface area contributed by atoms with Gasteiger partial charge >= 0.3 is 6.11 Å². The number of thiazole rings is 1. The van der Waals surface area contributed by atoms with Gasteiger partial charge in [-0.1, -0.05) is 11.6 Å². The fourth-order valence-corrected chi connectivity index (χ4v) is 4.96. The van der Waals surface area contributed by atoms with Gasteiger partial charge < -0.3 is 24.5 Å². The number of rotatable bonds is 8. The minimum absolute atomic E-state index is 0.0162. The molecule has 2 atom stereocenters. The minimum Gasteiger partial charge on any atom is -0.428 e. The van der Waals surface area contributed by atoms with Crippen molar-refractivity contribution in [3.63, 3.8) is 0 Å². The third-order valence-electron chi connectivity index (χ3n) is 5.55. The van der Waals surface area contributed by atoms with E-state index in [0.717, 1.165) is 19.5 Å². The molecule has 0 spiro atoms. The summed E-state index contributed by atoms with van der Waals surface area (Å²) in [4.78, 5) is 10.8. The summed E-state index contributed by atoms with van der Waals surface area (Å²) in [6, 6.07) is 2.65. The summed E-state index contributed by atoms with van der Waals surface area (Å²) < 4.78 is 40.1. The van der Waals surface area contributed by atoms with Gasteiger partial charge in [-0.3, -0.25) is 0 Å². The summed E-state index contributed by atoms with van der Waals surface area (Å²) in [5.74, 6) is -0.207. The molecule has 3 aliphatic heterocycles. The van der Waals surface area contributed by atoms with Crippen LogP contribution in [-0.2, 0) is 0 Å². The standard InChI is InChI=1S/C20H21ClF2N4O3S/c21-14-8-13(18-24-4-6-31-18)16-15(17(14)30-20(22,23)3-1-2-5-28)26-19(29-16)27-9-11-7-12(10-27)25-11/h4,6,8,11-12,25,28H,1-3,5,7,9-10H2. The fraction of sp³-hybridized carbons (Fsp3) is 0.500. The zero-order chi connectivity index (χ0) is 21.6. The second-order valence-corrected chi connectivity index (χ2v) is 9.17. The fourth-order valence-electron chi connectivity index (χ4n) is 4.08. The van der Waals surface area contributed by atoms with E-state index in [9.17, 15) is 8.78 Å². The van der Waals surface area contributed by atoms with Gasteiger partial charge in [-0.25, -0.2) is 4.98 Å². The molecule has 3 fully saturated rings. The number of aromatic nitrogens is 2. The Morgan fingerprint density at radius 2 is 2.13 bits per heavy atom. The summed E-state index contributed by atoms with van der Waals surface area (Å²) in [5.41, 5.74) is 1.06. The average Bonchev–Trinajstić information content (AvgIpc) is 3.40. The lowest BCUT2D eigenvalue weighted by Gasteiger charge is -2.47. The van der Waals surface area contributed by atoms with Crippen LogP contribution in [-0.4, -0.2) is 53.0 Å². The smallest absolute Gasteiger partial charge is 0.397 e. The highest BCUT2D eigenvalue weighted by molar-refractivity contribution is 7.13. The number of nitrogens with one attached hydrogen (secondary N) is 1. The molecule has 31 heavy (non-hydrogen) atoms. The molecule has 5 heterocycles. The van der Waals surface area contributed by atoms with Crippen LogP contribution in [0.4, 0.5) is 14.8 Å². The van der Waals surface area contributed by atoms with Crippen LogP contribution in [0.1, 0.15) is 25.7 Å². The van der Waals surface area contributed by atoms with E-state index in [1.807, 2.05) is 10.3 Å². The number of piperidine rings is 1. The maximum atomic E-state index is 14.5. The first-order chi connectivity index (χ1) is 14.9. The van der Waals surface area contributed by atoms with Crippen molar-refractivity contribution in [3.05, 3.63) is 22.7 Å². The Hall–Kier alpha value is -2.01. The minimum atomic E-state index is -3.45.